The molecular formula is C13H17F2NO2. The third-order valence-electron chi connectivity index (χ3n) is 3.15. The molecule has 1 aromatic rings. The number of Topliss-reactive ketones (excluding diaryl/α,β-unsaturated/α-hetero) is 1. The van der Waals surface area contributed by atoms with Crippen molar-refractivity contribution in [1.82, 2.24) is 4.90 Å². The third kappa shape index (κ3) is 3.11. The Hall–Kier alpha value is -1.33. The third-order valence-corrected chi connectivity index (χ3v) is 3.15. The quantitative estimate of drug-likeness (QED) is 0.818. The van der Waals surface area contributed by atoms with E-state index in [1.165, 1.54) is 6.07 Å². The van der Waals surface area contributed by atoms with Gasteiger partial charge in [0.1, 0.15) is 0 Å². The van der Waals surface area contributed by atoms with Crippen molar-refractivity contribution < 1.29 is 18.7 Å². The SMILES string of the molecule is CC(CO)N(C)C(C)C(=O)c1ccc(F)c(F)c1. The zero-order valence-electron chi connectivity index (χ0n) is 10.7. The average molecular weight is 257 g/mol. The highest BCUT2D eigenvalue weighted by molar-refractivity contribution is 5.99. The number of halogens is 2. The molecule has 2 unspecified atom stereocenters. The topological polar surface area (TPSA) is 40.5 Å². The van der Waals surface area contributed by atoms with E-state index in [9.17, 15) is 13.6 Å². The van der Waals surface area contributed by atoms with E-state index in [0.29, 0.717) is 0 Å². The lowest BCUT2D eigenvalue weighted by Crippen LogP contribution is -2.43. The number of rotatable bonds is 5. The van der Waals surface area contributed by atoms with E-state index in [1.807, 2.05) is 0 Å². The number of aliphatic hydroxyl groups is 1. The molecule has 1 N–H and O–H groups in total. The zero-order valence-corrected chi connectivity index (χ0v) is 10.7. The van der Waals surface area contributed by atoms with Crippen LogP contribution in [-0.2, 0) is 0 Å². The molecule has 0 radical (unpaired) electrons. The van der Waals surface area contributed by atoms with E-state index in [0.717, 1.165) is 12.1 Å². The summed E-state index contributed by atoms with van der Waals surface area (Å²) in [5.41, 5.74) is 0.124. The maximum absolute atomic E-state index is 13.0. The van der Waals surface area contributed by atoms with Gasteiger partial charge < -0.3 is 5.11 Å². The number of carbonyl (C=O) groups excluding carboxylic acids is 1. The standard InChI is InChI=1S/C13H17F2NO2/c1-8(7-17)16(3)9(2)13(18)10-4-5-11(14)12(15)6-10/h4-6,8-9,17H,7H2,1-3H3. The van der Waals surface area contributed by atoms with Crippen LogP contribution in [-0.4, -0.2) is 41.5 Å². The second-order valence-electron chi connectivity index (χ2n) is 4.37. The van der Waals surface area contributed by atoms with Gasteiger partial charge >= 0.3 is 0 Å². The van der Waals surface area contributed by atoms with Gasteiger partial charge in [-0.3, -0.25) is 9.69 Å². The Bertz CT molecular complexity index is 437. The van der Waals surface area contributed by atoms with Crippen molar-refractivity contribution in [2.45, 2.75) is 25.9 Å². The van der Waals surface area contributed by atoms with Gasteiger partial charge in [-0.25, -0.2) is 8.78 Å². The van der Waals surface area contributed by atoms with Gasteiger partial charge in [-0.05, 0) is 39.1 Å². The van der Waals surface area contributed by atoms with Crippen LogP contribution in [0.4, 0.5) is 8.78 Å². The molecule has 0 bridgehead atoms. The molecule has 0 spiro atoms. The first-order valence-corrected chi connectivity index (χ1v) is 5.70. The molecule has 100 valence electrons. The molecule has 0 saturated carbocycles. The summed E-state index contributed by atoms with van der Waals surface area (Å²) in [6, 6.07) is 2.39. The molecule has 5 heteroatoms. The summed E-state index contributed by atoms with van der Waals surface area (Å²) in [4.78, 5) is 13.7. The van der Waals surface area contributed by atoms with Gasteiger partial charge in [0.15, 0.2) is 17.4 Å². The fourth-order valence-corrected chi connectivity index (χ4v) is 1.59. The number of ketones is 1. The Morgan fingerprint density at radius 3 is 2.44 bits per heavy atom. The molecule has 0 saturated heterocycles. The minimum Gasteiger partial charge on any atom is -0.395 e. The predicted molar refractivity (Wildman–Crippen MR) is 64.5 cm³/mol. The van der Waals surface area contributed by atoms with Crippen LogP contribution in [0.3, 0.4) is 0 Å². The van der Waals surface area contributed by atoms with Crippen LogP contribution in [0.25, 0.3) is 0 Å². The van der Waals surface area contributed by atoms with Gasteiger partial charge in [0.05, 0.1) is 12.6 Å². The van der Waals surface area contributed by atoms with Crippen LogP contribution in [0.15, 0.2) is 18.2 Å². The molecule has 2 atom stereocenters. The first-order chi connectivity index (χ1) is 8.38. The van der Waals surface area contributed by atoms with Gasteiger partial charge in [-0.2, -0.15) is 0 Å². The Balaban J connectivity index is 2.89. The number of likely N-dealkylation sites (N-methyl/N-ethyl adjacent to an activating group) is 1. The summed E-state index contributed by atoms with van der Waals surface area (Å²) < 4.78 is 25.8. The van der Waals surface area contributed by atoms with Crippen LogP contribution in [0, 0.1) is 11.6 Å². The van der Waals surface area contributed by atoms with Crippen LogP contribution < -0.4 is 0 Å². The Labute approximate surface area is 105 Å². The second kappa shape index (κ2) is 6.02. The van der Waals surface area contributed by atoms with E-state index < -0.39 is 17.7 Å². The normalized spacial score (nSPS) is 14.6. The number of hydrogen-bond acceptors (Lipinski definition) is 3. The molecule has 0 fully saturated rings. The van der Waals surface area contributed by atoms with Crippen molar-refractivity contribution in [3.05, 3.63) is 35.4 Å². The average Bonchev–Trinajstić information content (AvgIpc) is 2.38. The fourth-order valence-electron chi connectivity index (χ4n) is 1.59. The van der Waals surface area contributed by atoms with Gasteiger partial charge in [-0.1, -0.05) is 0 Å². The molecule has 3 nitrogen and oxygen atoms in total. The Morgan fingerprint density at radius 1 is 1.33 bits per heavy atom. The van der Waals surface area contributed by atoms with Crippen LogP contribution >= 0.6 is 0 Å². The molecule has 0 aliphatic carbocycles. The Morgan fingerprint density at radius 2 is 1.94 bits per heavy atom. The predicted octanol–water partition coefficient (Wildman–Crippen LogP) is 1.85. The number of hydrogen-bond donors (Lipinski definition) is 1. The molecule has 0 aliphatic heterocycles. The number of nitrogens with zero attached hydrogens (tertiary/aromatic N) is 1. The first-order valence-electron chi connectivity index (χ1n) is 5.70. The lowest BCUT2D eigenvalue weighted by molar-refractivity contribution is 0.0762. The zero-order chi connectivity index (χ0) is 13.9. The molecule has 0 aliphatic rings. The highest BCUT2D eigenvalue weighted by Gasteiger charge is 2.23. The molecule has 0 aromatic heterocycles. The van der Waals surface area contributed by atoms with E-state index in [1.54, 1.807) is 25.8 Å². The monoisotopic (exact) mass is 257 g/mol. The van der Waals surface area contributed by atoms with Gasteiger partial charge in [-0.15, -0.1) is 0 Å². The van der Waals surface area contributed by atoms with E-state index in [-0.39, 0.29) is 24.0 Å². The maximum atomic E-state index is 13.0. The highest BCUT2D eigenvalue weighted by Crippen LogP contribution is 2.13. The minimum atomic E-state index is -1.04. The summed E-state index contributed by atoms with van der Waals surface area (Å²) in [6.45, 7) is 3.36. The number of aliphatic hydroxyl groups excluding tert-OH is 1. The molecule has 1 aromatic carbocycles. The van der Waals surface area contributed by atoms with Gasteiger partial charge in [0.25, 0.3) is 0 Å². The molecular weight excluding hydrogens is 240 g/mol. The lowest BCUT2D eigenvalue weighted by Gasteiger charge is -2.28. The van der Waals surface area contributed by atoms with Crippen molar-refractivity contribution in [1.29, 1.82) is 0 Å². The van der Waals surface area contributed by atoms with Crippen molar-refractivity contribution in [2.75, 3.05) is 13.7 Å². The molecule has 18 heavy (non-hydrogen) atoms. The lowest BCUT2D eigenvalue weighted by atomic mass is 10.0. The van der Waals surface area contributed by atoms with Gasteiger partial charge in [0, 0.05) is 11.6 Å². The van der Waals surface area contributed by atoms with E-state index >= 15 is 0 Å². The van der Waals surface area contributed by atoms with Crippen LogP contribution in [0.5, 0.6) is 0 Å². The molecule has 0 heterocycles. The van der Waals surface area contributed by atoms with Crippen molar-refractivity contribution >= 4 is 5.78 Å². The Kier molecular flexibility index (Phi) is 4.93. The summed E-state index contributed by atoms with van der Waals surface area (Å²) in [6.07, 6.45) is 0. The summed E-state index contributed by atoms with van der Waals surface area (Å²) >= 11 is 0. The van der Waals surface area contributed by atoms with Crippen LogP contribution in [0.2, 0.25) is 0 Å². The summed E-state index contributed by atoms with van der Waals surface area (Å²) in [7, 11) is 1.70. The molecule has 1 rings (SSSR count). The first kappa shape index (κ1) is 14.7. The fraction of sp³-hybridized carbons (Fsp3) is 0.462. The molecule has 0 amide bonds. The number of benzene rings is 1. The van der Waals surface area contributed by atoms with Crippen molar-refractivity contribution in [3.8, 4) is 0 Å². The minimum absolute atomic E-state index is 0.0775. The van der Waals surface area contributed by atoms with E-state index in [2.05, 4.69) is 0 Å². The largest absolute Gasteiger partial charge is 0.395 e. The number of carbonyl (C=O) groups is 1. The highest BCUT2D eigenvalue weighted by atomic mass is 19.2. The van der Waals surface area contributed by atoms with Crippen molar-refractivity contribution in [3.63, 3.8) is 0 Å². The van der Waals surface area contributed by atoms with Gasteiger partial charge in [0.2, 0.25) is 0 Å². The van der Waals surface area contributed by atoms with Crippen LogP contribution in [0.1, 0.15) is 24.2 Å². The second-order valence-corrected chi connectivity index (χ2v) is 4.37. The smallest absolute Gasteiger partial charge is 0.179 e. The summed E-state index contributed by atoms with van der Waals surface area (Å²) in [5, 5.41) is 9.02. The van der Waals surface area contributed by atoms with Crippen molar-refractivity contribution in [2.24, 2.45) is 0 Å². The summed E-state index contributed by atoms with van der Waals surface area (Å²) in [5.74, 6) is -2.32. The maximum Gasteiger partial charge on any atom is 0.179 e. The van der Waals surface area contributed by atoms with E-state index in [4.69, 9.17) is 5.11 Å².